The van der Waals surface area contributed by atoms with E-state index < -0.39 is 0 Å². The molecule has 4 rings (SSSR count). The molecule has 124 valence electrons. The van der Waals surface area contributed by atoms with Gasteiger partial charge in [0.05, 0.1) is 11.1 Å². The van der Waals surface area contributed by atoms with Gasteiger partial charge in [-0.05, 0) is 19.2 Å². The van der Waals surface area contributed by atoms with Crippen LogP contribution in [-0.4, -0.2) is 52.9 Å². The highest BCUT2D eigenvalue weighted by Gasteiger charge is 2.19. The molecule has 1 aliphatic heterocycles. The fraction of sp³-hybridized carbons (Fsp3) is 0.353. The maximum absolute atomic E-state index is 12.6. The average Bonchev–Trinajstić information content (AvgIpc) is 3.01. The maximum atomic E-state index is 12.6. The first-order chi connectivity index (χ1) is 11.6. The third-order valence-electron chi connectivity index (χ3n) is 4.51. The highest BCUT2D eigenvalue weighted by Crippen LogP contribution is 2.27. The summed E-state index contributed by atoms with van der Waals surface area (Å²) in [5.74, 6) is 0.608. The van der Waals surface area contributed by atoms with Gasteiger partial charge in [0.1, 0.15) is 5.69 Å². The zero-order valence-corrected chi connectivity index (χ0v) is 13.8. The van der Waals surface area contributed by atoms with Gasteiger partial charge >= 0.3 is 0 Å². The van der Waals surface area contributed by atoms with E-state index in [1.807, 2.05) is 13.1 Å². The summed E-state index contributed by atoms with van der Waals surface area (Å²) in [7, 11) is 3.94. The van der Waals surface area contributed by atoms with Gasteiger partial charge in [-0.3, -0.25) is 14.5 Å². The lowest BCUT2D eigenvalue weighted by atomic mass is 10.2. The van der Waals surface area contributed by atoms with Crippen LogP contribution in [-0.2, 0) is 7.05 Å². The highest BCUT2D eigenvalue weighted by molar-refractivity contribution is 5.89. The van der Waals surface area contributed by atoms with Crippen LogP contribution in [0.5, 0.6) is 0 Å². The molecule has 1 aliphatic rings. The van der Waals surface area contributed by atoms with E-state index in [0.717, 1.165) is 31.9 Å². The largest absolute Gasteiger partial charge is 0.438 e. The van der Waals surface area contributed by atoms with Crippen molar-refractivity contribution in [2.75, 3.05) is 38.1 Å². The average molecular weight is 325 g/mol. The van der Waals surface area contributed by atoms with Gasteiger partial charge in [-0.15, -0.1) is 0 Å². The van der Waals surface area contributed by atoms with Gasteiger partial charge < -0.3 is 14.2 Å². The summed E-state index contributed by atoms with van der Waals surface area (Å²) in [6, 6.07) is 5.15. The van der Waals surface area contributed by atoms with E-state index in [1.54, 1.807) is 29.2 Å². The lowest BCUT2D eigenvalue weighted by Crippen LogP contribution is -2.44. The molecule has 0 radical (unpaired) electrons. The van der Waals surface area contributed by atoms with Crippen molar-refractivity contribution in [3.05, 3.63) is 40.8 Å². The Morgan fingerprint density at radius 2 is 1.88 bits per heavy atom. The fourth-order valence-electron chi connectivity index (χ4n) is 3.04. The number of anilines is 1. The number of hydrogen-bond donors (Lipinski definition) is 0. The smallest absolute Gasteiger partial charge is 0.200 e. The quantitative estimate of drug-likeness (QED) is 0.708. The number of pyridine rings is 1. The Kier molecular flexibility index (Phi) is 3.57. The molecule has 0 amide bonds. The number of likely N-dealkylation sites (N-methyl/N-ethyl adjacent to an activating group) is 1. The summed E-state index contributed by atoms with van der Waals surface area (Å²) in [4.78, 5) is 21.4. The molecule has 0 unspecified atom stereocenters. The highest BCUT2D eigenvalue weighted by atomic mass is 16.4. The second-order valence-electron chi connectivity index (χ2n) is 6.12. The first-order valence-electron chi connectivity index (χ1n) is 7.98. The molecule has 0 N–H and O–H groups in total. The predicted octanol–water partition coefficient (Wildman–Crippen LogP) is 1.34. The van der Waals surface area contributed by atoms with Gasteiger partial charge in [-0.1, -0.05) is 0 Å². The number of nitrogens with zero attached hydrogens (tertiary/aromatic N) is 5. The number of rotatable bonds is 2. The molecule has 0 aromatic carbocycles. The number of fused-ring (bicyclic) bond motifs is 1. The number of aryl methyl sites for hydroxylation is 1. The van der Waals surface area contributed by atoms with E-state index in [2.05, 4.69) is 26.9 Å². The van der Waals surface area contributed by atoms with Crippen molar-refractivity contribution in [3.8, 4) is 11.4 Å². The van der Waals surface area contributed by atoms with Crippen molar-refractivity contribution < 1.29 is 4.42 Å². The standard InChI is InChI=1S/C17H19N5O2/c1-20-7-9-22(10-8-20)15-11-14(23)12-3-5-18-16(17(12)24-15)13-4-6-19-21(13)2/h3-6,11H,7-10H2,1-2H3. The summed E-state index contributed by atoms with van der Waals surface area (Å²) < 4.78 is 7.86. The zero-order valence-electron chi connectivity index (χ0n) is 13.8. The molecule has 3 aromatic heterocycles. The van der Waals surface area contributed by atoms with Crippen LogP contribution in [0.4, 0.5) is 5.88 Å². The van der Waals surface area contributed by atoms with E-state index in [1.165, 1.54) is 0 Å². The van der Waals surface area contributed by atoms with Crippen LogP contribution >= 0.6 is 0 Å². The Labute approximate surface area is 139 Å². The van der Waals surface area contributed by atoms with Crippen LogP contribution in [0.2, 0.25) is 0 Å². The molecule has 7 nitrogen and oxygen atoms in total. The van der Waals surface area contributed by atoms with E-state index >= 15 is 0 Å². The molecule has 1 saturated heterocycles. The van der Waals surface area contributed by atoms with Crippen LogP contribution < -0.4 is 10.3 Å². The summed E-state index contributed by atoms with van der Waals surface area (Å²) in [6.07, 6.45) is 3.34. The van der Waals surface area contributed by atoms with Gasteiger partial charge in [0.25, 0.3) is 0 Å². The van der Waals surface area contributed by atoms with Gasteiger partial charge in [0.15, 0.2) is 16.9 Å². The van der Waals surface area contributed by atoms with Crippen molar-refractivity contribution >= 4 is 16.9 Å². The molecule has 1 fully saturated rings. The van der Waals surface area contributed by atoms with Crippen molar-refractivity contribution in [2.45, 2.75) is 0 Å². The van der Waals surface area contributed by atoms with E-state index in [4.69, 9.17) is 4.42 Å². The topological polar surface area (TPSA) is 67.4 Å². The van der Waals surface area contributed by atoms with Crippen LogP contribution in [0.15, 0.2) is 39.8 Å². The third kappa shape index (κ3) is 2.46. The first kappa shape index (κ1) is 14.9. The normalized spacial score (nSPS) is 16.0. The Bertz CT molecular complexity index is 938. The lowest BCUT2D eigenvalue weighted by Gasteiger charge is -2.32. The maximum Gasteiger partial charge on any atom is 0.200 e. The lowest BCUT2D eigenvalue weighted by molar-refractivity contribution is 0.306. The van der Waals surface area contributed by atoms with E-state index in [0.29, 0.717) is 22.5 Å². The molecule has 0 aliphatic carbocycles. The minimum Gasteiger partial charge on any atom is -0.438 e. The summed E-state index contributed by atoms with van der Waals surface area (Å²) in [6.45, 7) is 3.57. The summed E-state index contributed by atoms with van der Waals surface area (Å²) in [5, 5.41) is 4.72. The van der Waals surface area contributed by atoms with Crippen molar-refractivity contribution in [1.82, 2.24) is 19.7 Å². The Hall–Kier alpha value is -2.67. The van der Waals surface area contributed by atoms with E-state index in [-0.39, 0.29) is 5.43 Å². The molecule has 0 atom stereocenters. The molecule has 7 heteroatoms. The molecule has 0 spiro atoms. The van der Waals surface area contributed by atoms with Crippen molar-refractivity contribution in [2.24, 2.45) is 7.05 Å². The molecular formula is C17H19N5O2. The van der Waals surface area contributed by atoms with Crippen LogP contribution in [0.3, 0.4) is 0 Å². The van der Waals surface area contributed by atoms with Gasteiger partial charge in [-0.2, -0.15) is 5.10 Å². The zero-order chi connectivity index (χ0) is 16.7. The molecule has 24 heavy (non-hydrogen) atoms. The number of aromatic nitrogens is 3. The third-order valence-corrected chi connectivity index (χ3v) is 4.51. The van der Waals surface area contributed by atoms with Crippen molar-refractivity contribution in [3.63, 3.8) is 0 Å². The minimum atomic E-state index is -0.0454. The predicted molar refractivity (Wildman–Crippen MR) is 92.2 cm³/mol. The summed E-state index contributed by atoms with van der Waals surface area (Å²) in [5.41, 5.74) is 1.93. The summed E-state index contributed by atoms with van der Waals surface area (Å²) >= 11 is 0. The SMILES string of the molecule is CN1CCN(c2cc(=O)c3ccnc(-c4ccnn4C)c3o2)CC1. The van der Waals surface area contributed by atoms with Crippen LogP contribution in [0.1, 0.15) is 0 Å². The minimum absolute atomic E-state index is 0.0454. The molecule has 4 heterocycles. The molecule has 3 aromatic rings. The van der Waals surface area contributed by atoms with Gasteiger partial charge in [-0.25, -0.2) is 0 Å². The first-order valence-corrected chi connectivity index (χ1v) is 7.98. The number of piperazine rings is 1. The van der Waals surface area contributed by atoms with Crippen LogP contribution in [0, 0.1) is 0 Å². The Morgan fingerprint density at radius 1 is 1.08 bits per heavy atom. The second kappa shape index (κ2) is 5.76. The Balaban J connectivity index is 1.87. The molecule has 0 saturated carbocycles. The number of hydrogen-bond acceptors (Lipinski definition) is 6. The van der Waals surface area contributed by atoms with E-state index in [9.17, 15) is 4.79 Å². The van der Waals surface area contributed by atoms with Crippen molar-refractivity contribution in [1.29, 1.82) is 0 Å². The van der Waals surface area contributed by atoms with Crippen LogP contribution in [0.25, 0.3) is 22.4 Å². The molecular weight excluding hydrogens is 306 g/mol. The van der Waals surface area contributed by atoms with Gasteiger partial charge in [0, 0.05) is 51.7 Å². The van der Waals surface area contributed by atoms with Gasteiger partial charge in [0.2, 0.25) is 0 Å². The monoisotopic (exact) mass is 325 g/mol. The second-order valence-corrected chi connectivity index (χ2v) is 6.12. The fourth-order valence-corrected chi connectivity index (χ4v) is 3.04. The molecule has 0 bridgehead atoms. The Morgan fingerprint density at radius 3 is 2.58 bits per heavy atom.